The monoisotopic (exact) mass is 315 g/mol. The van der Waals surface area contributed by atoms with E-state index in [-0.39, 0.29) is 22.8 Å². The first-order valence-electron chi connectivity index (χ1n) is 6.50. The summed E-state index contributed by atoms with van der Waals surface area (Å²) in [5, 5.41) is 23.1. The summed E-state index contributed by atoms with van der Waals surface area (Å²) in [6, 6.07) is 3.57. The zero-order valence-corrected chi connectivity index (χ0v) is 12.3. The highest BCUT2D eigenvalue weighted by molar-refractivity contribution is 7.89. The average molecular weight is 315 g/mol. The first-order valence-corrected chi connectivity index (χ1v) is 7.94. The maximum absolute atomic E-state index is 12.6. The van der Waals surface area contributed by atoms with Crippen molar-refractivity contribution in [3.8, 4) is 0 Å². The van der Waals surface area contributed by atoms with Crippen LogP contribution in [0.1, 0.15) is 12.8 Å². The van der Waals surface area contributed by atoms with E-state index in [9.17, 15) is 23.6 Å². The van der Waals surface area contributed by atoms with Gasteiger partial charge in [0.2, 0.25) is 10.0 Å². The highest BCUT2D eigenvalue weighted by Crippen LogP contribution is 2.29. The smallest absolute Gasteiger partial charge is 0.271 e. The zero-order valence-electron chi connectivity index (χ0n) is 11.5. The molecular formula is C12H17N3O5S. The standard InChI is InChI=1S/C12H17N3O5S/c1-13-11-7-9(15(17)18)4-5-12(11)21(19,20)14-6-2-3-10(16)8-14/h4-5,7,10,13,16H,2-3,6,8H2,1H3. The number of sulfonamides is 1. The normalized spacial score (nSPS) is 20.2. The number of hydrogen-bond acceptors (Lipinski definition) is 6. The maximum atomic E-state index is 12.6. The lowest BCUT2D eigenvalue weighted by Gasteiger charge is -2.29. The van der Waals surface area contributed by atoms with Crippen LogP contribution in [0.2, 0.25) is 0 Å². The van der Waals surface area contributed by atoms with Crippen LogP contribution in [-0.4, -0.2) is 49.0 Å². The molecule has 1 atom stereocenters. The minimum absolute atomic E-state index is 0.0234. The Morgan fingerprint density at radius 1 is 1.48 bits per heavy atom. The molecule has 0 amide bonds. The third kappa shape index (κ3) is 3.14. The Morgan fingerprint density at radius 2 is 2.19 bits per heavy atom. The summed E-state index contributed by atoms with van der Waals surface area (Å²) < 4.78 is 26.4. The SMILES string of the molecule is CNc1cc([N+](=O)[O-])ccc1S(=O)(=O)N1CCCC(O)C1. The summed E-state index contributed by atoms with van der Waals surface area (Å²) >= 11 is 0. The molecule has 1 heterocycles. The van der Waals surface area contributed by atoms with Gasteiger partial charge in [0.15, 0.2) is 0 Å². The van der Waals surface area contributed by atoms with Gasteiger partial charge in [0.05, 0.1) is 16.7 Å². The fraction of sp³-hybridized carbons (Fsp3) is 0.500. The molecule has 1 aromatic carbocycles. The van der Waals surface area contributed by atoms with Crippen molar-refractivity contribution in [2.75, 3.05) is 25.5 Å². The first kappa shape index (κ1) is 15.7. The van der Waals surface area contributed by atoms with Gasteiger partial charge < -0.3 is 10.4 Å². The highest BCUT2D eigenvalue weighted by atomic mass is 32.2. The lowest BCUT2D eigenvalue weighted by Crippen LogP contribution is -2.42. The Balaban J connectivity index is 2.42. The van der Waals surface area contributed by atoms with E-state index in [1.54, 1.807) is 0 Å². The second-order valence-electron chi connectivity index (χ2n) is 4.85. The van der Waals surface area contributed by atoms with Crippen LogP contribution < -0.4 is 5.32 Å². The third-order valence-corrected chi connectivity index (χ3v) is 5.34. The molecule has 1 fully saturated rings. The molecule has 1 unspecified atom stereocenters. The molecule has 1 aliphatic heterocycles. The van der Waals surface area contributed by atoms with Crippen LogP contribution in [0.4, 0.5) is 11.4 Å². The second-order valence-corrected chi connectivity index (χ2v) is 6.75. The van der Waals surface area contributed by atoms with Gasteiger partial charge in [0, 0.05) is 32.3 Å². The second kappa shape index (κ2) is 5.96. The van der Waals surface area contributed by atoms with E-state index in [1.807, 2.05) is 0 Å². The van der Waals surface area contributed by atoms with Gasteiger partial charge >= 0.3 is 0 Å². The van der Waals surface area contributed by atoms with E-state index in [2.05, 4.69) is 5.32 Å². The number of anilines is 1. The van der Waals surface area contributed by atoms with Crippen LogP contribution in [0.3, 0.4) is 0 Å². The van der Waals surface area contributed by atoms with Crippen LogP contribution in [0.25, 0.3) is 0 Å². The van der Waals surface area contributed by atoms with Crippen molar-refractivity contribution in [3.05, 3.63) is 28.3 Å². The van der Waals surface area contributed by atoms with Gasteiger partial charge in [0.25, 0.3) is 5.69 Å². The number of β-amino-alcohol motifs (C(OH)–C–C–N with tert-alkyl or cyclic N) is 1. The highest BCUT2D eigenvalue weighted by Gasteiger charge is 2.31. The van der Waals surface area contributed by atoms with E-state index in [4.69, 9.17) is 0 Å². The van der Waals surface area contributed by atoms with Crippen LogP contribution >= 0.6 is 0 Å². The summed E-state index contributed by atoms with van der Waals surface area (Å²) in [5.74, 6) is 0. The number of aliphatic hydroxyl groups is 1. The van der Waals surface area contributed by atoms with Crippen LogP contribution in [-0.2, 0) is 10.0 Å². The summed E-state index contributed by atoms with van der Waals surface area (Å²) in [6.45, 7) is 0.377. The van der Waals surface area contributed by atoms with E-state index >= 15 is 0 Å². The quantitative estimate of drug-likeness (QED) is 0.627. The number of aliphatic hydroxyl groups excluding tert-OH is 1. The molecule has 0 aliphatic carbocycles. The third-order valence-electron chi connectivity index (χ3n) is 3.42. The number of nitro benzene ring substituents is 1. The Labute approximate surface area is 122 Å². The van der Waals surface area contributed by atoms with Gasteiger partial charge in [0.1, 0.15) is 4.90 Å². The fourth-order valence-electron chi connectivity index (χ4n) is 2.33. The Bertz CT molecular complexity index is 646. The number of hydrogen-bond donors (Lipinski definition) is 2. The number of non-ortho nitro benzene ring substituents is 1. The largest absolute Gasteiger partial charge is 0.392 e. The molecule has 0 bridgehead atoms. The molecule has 2 rings (SSSR count). The molecule has 0 radical (unpaired) electrons. The number of nitrogens with zero attached hydrogens (tertiary/aromatic N) is 2. The van der Waals surface area contributed by atoms with Crippen molar-refractivity contribution in [3.63, 3.8) is 0 Å². The van der Waals surface area contributed by atoms with Crippen molar-refractivity contribution in [2.24, 2.45) is 0 Å². The van der Waals surface area contributed by atoms with Gasteiger partial charge in [-0.05, 0) is 18.9 Å². The van der Waals surface area contributed by atoms with E-state index < -0.39 is 21.1 Å². The predicted octanol–water partition coefficient (Wildman–Crippen LogP) is 0.782. The van der Waals surface area contributed by atoms with Gasteiger partial charge in [-0.15, -0.1) is 0 Å². The molecule has 0 aromatic heterocycles. The molecular weight excluding hydrogens is 298 g/mol. The van der Waals surface area contributed by atoms with E-state index in [0.29, 0.717) is 19.4 Å². The van der Waals surface area contributed by atoms with Crippen LogP contribution in [0.5, 0.6) is 0 Å². The first-order chi connectivity index (χ1) is 9.86. The Morgan fingerprint density at radius 3 is 2.76 bits per heavy atom. The fourth-order valence-corrected chi connectivity index (χ4v) is 4.02. The molecule has 8 nitrogen and oxygen atoms in total. The van der Waals surface area contributed by atoms with Gasteiger partial charge in [-0.3, -0.25) is 10.1 Å². The minimum Gasteiger partial charge on any atom is -0.392 e. The number of nitro groups is 1. The van der Waals surface area contributed by atoms with Gasteiger partial charge in [-0.1, -0.05) is 0 Å². The molecule has 1 saturated heterocycles. The molecule has 0 spiro atoms. The molecule has 1 aliphatic rings. The lowest BCUT2D eigenvalue weighted by molar-refractivity contribution is -0.384. The number of piperidine rings is 1. The van der Waals surface area contributed by atoms with Crippen LogP contribution in [0.15, 0.2) is 23.1 Å². The molecule has 9 heteroatoms. The van der Waals surface area contributed by atoms with Crippen molar-refractivity contribution in [2.45, 2.75) is 23.8 Å². The van der Waals surface area contributed by atoms with E-state index in [0.717, 1.165) is 6.07 Å². The predicted molar refractivity (Wildman–Crippen MR) is 76.6 cm³/mol. The number of rotatable bonds is 4. The number of benzene rings is 1. The van der Waals surface area contributed by atoms with Crippen molar-refractivity contribution in [1.82, 2.24) is 4.31 Å². The minimum atomic E-state index is -3.79. The molecule has 1 aromatic rings. The topological polar surface area (TPSA) is 113 Å². The zero-order chi connectivity index (χ0) is 15.6. The average Bonchev–Trinajstić information content (AvgIpc) is 2.46. The number of nitrogens with one attached hydrogen (secondary N) is 1. The van der Waals surface area contributed by atoms with Gasteiger partial charge in [-0.25, -0.2) is 8.42 Å². The maximum Gasteiger partial charge on any atom is 0.271 e. The van der Waals surface area contributed by atoms with Crippen molar-refractivity contribution < 1.29 is 18.4 Å². The molecule has 116 valence electrons. The summed E-state index contributed by atoms with van der Waals surface area (Å²) in [7, 11) is -2.29. The summed E-state index contributed by atoms with van der Waals surface area (Å²) in [4.78, 5) is 10.2. The van der Waals surface area contributed by atoms with E-state index in [1.165, 1.54) is 23.5 Å². The molecule has 2 N–H and O–H groups in total. The molecule has 0 saturated carbocycles. The van der Waals surface area contributed by atoms with Gasteiger partial charge in [-0.2, -0.15) is 4.31 Å². The Kier molecular flexibility index (Phi) is 4.45. The lowest BCUT2D eigenvalue weighted by atomic mass is 10.1. The van der Waals surface area contributed by atoms with Crippen molar-refractivity contribution >= 4 is 21.4 Å². The van der Waals surface area contributed by atoms with Crippen molar-refractivity contribution in [1.29, 1.82) is 0 Å². The molecule has 21 heavy (non-hydrogen) atoms. The summed E-state index contributed by atoms with van der Waals surface area (Å²) in [5.41, 5.74) is -0.0127. The summed E-state index contributed by atoms with van der Waals surface area (Å²) in [6.07, 6.45) is 0.484. The van der Waals surface area contributed by atoms with Crippen LogP contribution in [0, 0.1) is 10.1 Å². The Hall–Kier alpha value is -1.71.